The zero-order valence-corrected chi connectivity index (χ0v) is 13.0. The van der Waals surface area contributed by atoms with Crippen LogP contribution in [-0.2, 0) is 4.79 Å². The summed E-state index contributed by atoms with van der Waals surface area (Å²) in [5.74, 6) is -2.28. The molecule has 7 heteroatoms. The van der Waals surface area contributed by atoms with Gasteiger partial charge in [0.2, 0.25) is 0 Å². The number of rotatable bonds is 2. The Labute approximate surface area is 136 Å². The lowest BCUT2D eigenvalue weighted by Crippen LogP contribution is -2.42. The Morgan fingerprint density at radius 3 is 2.62 bits per heavy atom. The van der Waals surface area contributed by atoms with Crippen molar-refractivity contribution in [2.24, 2.45) is 0 Å². The van der Waals surface area contributed by atoms with Crippen molar-refractivity contribution in [2.75, 3.05) is 17.3 Å². The Bertz CT molecular complexity index is 839. The Hall–Kier alpha value is -2.96. The monoisotopic (exact) mass is 332 g/mol. The lowest BCUT2D eigenvalue weighted by Gasteiger charge is -2.30. The maximum absolute atomic E-state index is 13.2. The fraction of sp³-hybridized carbons (Fsp3) is 0.176. The van der Waals surface area contributed by atoms with Crippen LogP contribution >= 0.6 is 0 Å². The van der Waals surface area contributed by atoms with E-state index in [0.29, 0.717) is 11.4 Å². The van der Waals surface area contributed by atoms with Crippen LogP contribution in [0.25, 0.3) is 0 Å². The molecule has 1 N–H and O–H groups in total. The molecule has 5 nitrogen and oxygen atoms in total. The number of benzene rings is 2. The standard InChI is InChI=1S/C17H14F2N2O3/c1-9-17(23)21(2)14-7-10(3-6-15(14)24-9)16(22)20-11-4-5-12(18)13(19)8-11/h3-9H,1-2H3,(H,20,22). The van der Waals surface area contributed by atoms with Gasteiger partial charge in [0, 0.05) is 24.4 Å². The molecular formula is C17H14F2N2O3. The van der Waals surface area contributed by atoms with Gasteiger partial charge in [0.1, 0.15) is 5.75 Å². The number of hydrogen-bond donors (Lipinski definition) is 1. The largest absolute Gasteiger partial charge is 0.479 e. The molecule has 1 atom stereocenters. The number of carbonyl (C=O) groups is 2. The number of fused-ring (bicyclic) bond motifs is 1. The van der Waals surface area contributed by atoms with E-state index >= 15 is 0 Å². The van der Waals surface area contributed by atoms with E-state index in [0.717, 1.165) is 12.1 Å². The van der Waals surface area contributed by atoms with Crippen molar-refractivity contribution < 1.29 is 23.1 Å². The van der Waals surface area contributed by atoms with Gasteiger partial charge >= 0.3 is 0 Å². The van der Waals surface area contributed by atoms with Crippen LogP contribution in [0.15, 0.2) is 36.4 Å². The highest BCUT2D eigenvalue weighted by atomic mass is 19.2. The van der Waals surface area contributed by atoms with E-state index in [1.807, 2.05) is 0 Å². The lowest BCUT2D eigenvalue weighted by atomic mass is 10.1. The molecule has 0 fully saturated rings. The SMILES string of the molecule is CC1Oc2ccc(C(=O)Nc3ccc(F)c(F)c3)cc2N(C)C1=O. The number of anilines is 2. The molecule has 1 aliphatic rings. The fourth-order valence-corrected chi connectivity index (χ4v) is 2.43. The van der Waals surface area contributed by atoms with Crippen molar-refractivity contribution in [1.82, 2.24) is 0 Å². The van der Waals surface area contributed by atoms with Crippen LogP contribution < -0.4 is 15.0 Å². The minimum absolute atomic E-state index is 0.130. The smallest absolute Gasteiger partial charge is 0.267 e. The summed E-state index contributed by atoms with van der Waals surface area (Å²) >= 11 is 0. The maximum Gasteiger partial charge on any atom is 0.267 e. The molecule has 0 radical (unpaired) electrons. The molecule has 0 saturated heterocycles. The predicted molar refractivity (Wildman–Crippen MR) is 84.3 cm³/mol. The normalized spacial score (nSPS) is 16.4. The quantitative estimate of drug-likeness (QED) is 0.920. The zero-order valence-electron chi connectivity index (χ0n) is 13.0. The Balaban J connectivity index is 1.86. The Morgan fingerprint density at radius 1 is 1.17 bits per heavy atom. The summed E-state index contributed by atoms with van der Waals surface area (Å²) in [5.41, 5.74) is 0.859. The number of halogens is 2. The molecule has 0 bridgehead atoms. The molecular weight excluding hydrogens is 318 g/mol. The molecule has 1 unspecified atom stereocenters. The van der Waals surface area contributed by atoms with E-state index in [1.54, 1.807) is 20.0 Å². The van der Waals surface area contributed by atoms with Gasteiger partial charge in [-0.25, -0.2) is 8.78 Å². The third kappa shape index (κ3) is 2.80. The van der Waals surface area contributed by atoms with E-state index in [2.05, 4.69) is 5.32 Å². The number of amides is 2. The Kier molecular flexibility index (Phi) is 3.92. The van der Waals surface area contributed by atoms with Crippen LogP contribution in [0, 0.1) is 11.6 Å². The minimum atomic E-state index is -1.05. The first-order valence-corrected chi connectivity index (χ1v) is 7.21. The number of likely N-dealkylation sites (N-methyl/N-ethyl adjacent to an activating group) is 1. The van der Waals surface area contributed by atoms with Crippen LogP contribution in [0.2, 0.25) is 0 Å². The summed E-state index contributed by atoms with van der Waals surface area (Å²) in [4.78, 5) is 25.6. The summed E-state index contributed by atoms with van der Waals surface area (Å²) in [6, 6.07) is 7.72. The van der Waals surface area contributed by atoms with Crippen molar-refractivity contribution in [3.63, 3.8) is 0 Å². The highest BCUT2D eigenvalue weighted by Crippen LogP contribution is 2.34. The summed E-state index contributed by atoms with van der Waals surface area (Å²) in [5, 5.41) is 2.48. The molecule has 0 aromatic heterocycles. The van der Waals surface area contributed by atoms with E-state index in [9.17, 15) is 18.4 Å². The Morgan fingerprint density at radius 2 is 1.92 bits per heavy atom. The van der Waals surface area contributed by atoms with Crippen LogP contribution in [0.5, 0.6) is 5.75 Å². The van der Waals surface area contributed by atoms with Gasteiger partial charge in [-0.2, -0.15) is 0 Å². The van der Waals surface area contributed by atoms with Crippen LogP contribution in [-0.4, -0.2) is 25.0 Å². The van der Waals surface area contributed by atoms with Crippen LogP contribution in [0.4, 0.5) is 20.2 Å². The van der Waals surface area contributed by atoms with E-state index in [-0.39, 0.29) is 17.2 Å². The second-order valence-electron chi connectivity index (χ2n) is 5.42. The van der Waals surface area contributed by atoms with Gasteiger partial charge in [-0.3, -0.25) is 9.59 Å². The van der Waals surface area contributed by atoms with Crippen molar-refractivity contribution in [1.29, 1.82) is 0 Å². The van der Waals surface area contributed by atoms with Gasteiger partial charge in [0.15, 0.2) is 17.7 Å². The van der Waals surface area contributed by atoms with Crippen molar-refractivity contribution >= 4 is 23.2 Å². The molecule has 0 aliphatic carbocycles. The van der Waals surface area contributed by atoms with E-state index in [4.69, 9.17) is 4.74 Å². The van der Waals surface area contributed by atoms with Gasteiger partial charge < -0.3 is 15.0 Å². The predicted octanol–water partition coefficient (Wildman–Crippen LogP) is 2.96. The number of ether oxygens (including phenoxy) is 1. The number of nitrogens with one attached hydrogen (secondary N) is 1. The molecule has 3 rings (SSSR count). The molecule has 2 amide bonds. The van der Waals surface area contributed by atoms with E-state index in [1.165, 1.54) is 23.1 Å². The summed E-state index contributed by atoms with van der Waals surface area (Å²) in [7, 11) is 1.59. The summed E-state index contributed by atoms with van der Waals surface area (Å²) in [6.45, 7) is 1.64. The highest BCUT2D eigenvalue weighted by molar-refractivity contribution is 6.06. The third-order valence-corrected chi connectivity index (χ3v) is 3.74. The van der Waals surface area contributed by atoms with Crippen molar-refractivity contribution in [2.45, 2.75) is 13.0 Å². The van der Waals surface area contributed by atoms with Gasteiger partial charge in [0.05, 0.1) is 5.69 Å². The van der Waals surface area contributed by atoms with Crippen molar-refractivity contribution in [3.05, 3.63) is 53.6 Å². The second kappa shape index (κ2) is 5.92. The van der Waals surface area contributed by atoms with Crippen molar-refractivity contribution in [3.8, 4) is 5.75 Å². The topological polar surface area (TPSA) is 58.6 Å². The summed E-state index contributed by atoms with van der Waals surface area (Å²) in [6.07, 6.45) is -0.593. The molecule has 0 spiro atoms. The third-order valence-electron chi connectivity index (χ3n) is 3.74. The molecule has 1 aliphatic heterocycles. The number of hydrogen-bond acceptors (Lipinski definition) is 3. The first-order chi connectivity index (χ1) is 11.4. The molecule has 0 saturated carbocycles. The average molecular weight is 332 g/mol. The van der Waals surface area contributed by atoms with Gasteiger partial charge in [-0.1, -0.05) is 0 Å². The van der Waals surface area contributed by atoms with E-state index < -0.39 is 23.6 Å². The molecule has 2 aromatic rings. The number of carbonyl (C=O) groups excluding carboxylic acids is 2. The molecule has 1 heterocycles. The second-order valence-corrected chi connectivity index (χ2v) is 5.42. The maximum atomic E-state index is 13.2. The molecule has 124 valence electrons. The summed E-state index contributed by atoms with van der Waals surface area (Å²) < 4.78 is 31.6. The lowest BCUT2D eigenvalue weighted by molar-refractivity contribution is -0.125. The van der Waals surface area contributed by atoms with Gasteiger partial charge in [0.25, 0.3) is 11.8 Å². The average Bonchev–Trinajstić information content (AvgIpc) is 2.56. The molecule has 24 heavy (non-hydrogen) atoms. The number of nitrogens with zero attached hydrogens (tertiary/aromatic N) is 1. The highest BCUT2D eigenvalue weighted by Gasteiger charge is 2.29. The van der Waals surface area contributed by atoms with Gasteiger partial charge in [-0.15, -0.1) is 0 Å². The first kappa shape index (κ1) is 15.9. The van der Waals surface area contributed by atoms with Crippen LogP contribution in [0.1, 0.15) is 17.3 Å². The van der Waals surface area contributed by atoms with Crippen LogP contribution in [0.3, 0.4) is 0 Å². The minimum Gasteiger partial charge on any atom is -0.479 e. The molecule has 2 aromatic carbocycles. The zero-order chi connectivity index (χ0) is 17.4. The fourth-order valence-electron chi connectivity index (χ4n) is 2.43. The first-order valence-electron chi connectivity index (χ1n) is 7.21. The van der Waals surface area contributed by atoms with Gasteiger partial charge in [-0.05, 0) is 37.3 Å².